The molecule has 1 heterocycles. The first-order valence-electron chi connectivity index (χ1n) is 6.41. The summed E-state index contributed by atoms with van der Waals surface area (Å²) in [5.41, 5.74) is 0.593. The van der Waals surface area contributed by atoms with E-state index in [-0.39, 0.29) is 23.5 Å². The fourth-order valence-electron chi connectivity index (χ4n) is 2.26. The highest BCUT2D eigenvalue weighted by molar-refractivity contribution is 7.88. The van der Waals surface area contributed by atoms with Crippen LogP contribution in [0, 0.1) is 11.7 Å². The highest BCUT2D eigenvalue weighted by atomic mass is 32.2. The molecule has 0 saturated carbocycles. The number of sulfonamides is 1. The second-order valence-electron chi connectivity index (χ2n) is 5.08. The van der Waals surface area contributed by atoms with Crippen LogP contribution in [-0.4, -0.2) is 27.5 Å². The van der Waals surface area contributed by atoms with Gasteiger partial charge in [-0.3, -0.25) is 0 Å². The summed E-state index contributed by atoms with van der Waals surface area (Å²) in [6, 6.07) is 5.53. The fraction of sp³-hybridized carbons (Fsp3) is 0.538. The summed E-state index contributed by atoms with van der Waals surface area (Å²) in [4.78, 5) is 0. The zero-order valence-electron chi connectivity index (χ0n) is 10.9. The largest absolute Gasteiger partial charge is 0.316 e. The lowest BCUT2D eigenvalue weighted by Gasteiger charge is -2.29. The van der Waals surface area contributed by atoms with Crippen molar-refractivity contribution in [2.24, 2.45) is 5.92 Å². The lowest BCUT2D eigenvalue weighted by molar-refractivity contribution is 0.328. The summed E-state index contributed by atoms with van der Waals surface area (Å²) < 4.78 is 39.7. The lowest BCUT2D eigenvalue weighted by atomic mass is 9.97. The predicted octanol–water partition coefficient (Wildman–Crippen LogP) is 1.24. The third-order valence-electron chi connectivity index (χ3n) is 3.39. The van der Waals surface area contributed by atoms with Crippen molar-refractivity contribution in [3.63, 3.8) is 0 Å². The van der Waals surface area contributed by atoms with Crippen molar-refractivity contribution in [2.45, 2.75) is 25.1 Å². The first-order chi connectivity index (χ1) is 8.96. The molecule has 1 saturated heterocycles. The van der Waals surface area contributed by atoms with Crippen LogP contribution in [0.5, 0.6) is 0 Å². The number of halogens is 1. The third kappa shape index (κ3) is 4.26. The Hall–Kier alpha value is -0.980. The quantitative estimate of drug-likeness (QED) is 0.875. The summed E-state index contributed by atoms with van der Waals surface area (Å²) in [7, 11) is -3.38. The van der Waals surface area contributed by atoms with Crippen LogP contribution in [0.1, 0.15) is 18.9 Å². The summed E-state index contributed by atoms with van der Waals surface area (Å²) in [6.45, 7) is 3.68. The van der Waals surface area contributed by atoms with Gasteiger partial charge in [0.2, 0.25) is 10.0 Å². The van der Waals surface area contributed by atoms with Gasteiger partial charge in [-0.1, -0.05) is 19.1 Å². The Labute approximate surface area is 113 Å². The van der Waals surface area contributed by atoms with Gasteiger partial charge in [0.1, 0.15) is 5.82 Å². The Kier molecular flexibility index (Phi) is 4.54. The monoisotopic (exact) mass is 286 g/mol. The number of hydrogen-bond donors (Lipinski definition) is 2. The van der Waals surface area contributed by atoms with Crippen molar-refractivity contribution in [2.75, 3.05) is 13.1 Å². The molecule has 0 bridgehead atoms. The molecule has 4 nitrogen and oxygen atoms in total. The average molecular weight is 286 g/mol. The van der Waals surface area contributed by atoms with Crippen LogP contribution in [0.3, 0.4) is 0 Å². The number of nitrogens with one attached hydrogen (secondary N) is 2. The van der Waals surface area contributed by atoms with Crippen LogP contribution < -0.4 is 10.0 Å². The molecule has 1 fully saturated rings. The maximum absolute atomic E-state index is 12.8. The fourth-order valence-corrected chi connectivity index (χ4v) is 3.79. The van der Waals surface area contributed by atoms with Crippen molar-refractivity contribution in [1.29, 1.82) is 0 Å². The normalized spacial score (nSPS) is 24.3. The molecule has 0 aromatic heterocycles. The Bertz CT molecular complexity index is 516. The molecule has 1 aromatic rings. The average Bonchev–Trinajstić information content (AvgIpc) is 2.35. The van der Waals surface area contributed by atoms with Crippen molar-refractivity contribution in [3.05, 3.63) is 35.6 Å². The maximum Gasteiger partial charge on any atom is 0.216 e. The van der Waals surface area contributed by atoms with E-state index >= 15 is 0 Å². The van der Waals surface area contributed by atoms with Gasteiger partial charge >= 0.3 is 0 Å². The number of hydrogen-bond acceptors (Lipinski definition) is 3. The lowest BCUT2D eigenvalue weighted by Crippen LogP contribution is -2.48. The van der Waals surface area contributed by atoms with Gasteiger partial charge in [-0.05, 0) is 43.1 Å². The molecule has 19 heavy (non-hydrogen) atoms. The SMILES string of the molecule is CC1CNCCC1NS(=O)(=O)Cc1ccc(F)cc1. The molecule has 2 N–H and O–H groups in total. The molecule has 1 aliphatic rings. The second-order valence-corrected chi connectivity index (χ2v) is 6.83. The Balaban J connectivity index is 2.00. The topological polar surface area (TPSA) is 58.2 Å². The first-order valence-corrected chi connectivity index (χ1v) is 8.07. The van der Waals surface area contributed by atoms with E-state index in [0.29, 0.717) is 5.56 Å². The van der Waals surface area contributed by atoms with Crippen LogP contribution in [-0.2, 0) is 15.8 Å². The summed E-state index contributed by atoms with van der Waals surface area (Å²) in [5.74, 6) is -0.193. The van der Waals surface area contributed by atoms with E-state index in [1.54, 1.807) is 0 Å². The van der Waals surface area contributed by atoms with Crippen LogP contribution in [0.25, 0.3) is 0 Å². The van der Waals surface area contributed by atoms with E-state index in [9.17, 15) is 12.8 Å². The predicted molar refractivity (Wildman–Crippen MR) is 72.6 cm³/mol. The van der Waals surface area contributed by atoms with E-state index in [1.807, 2.05) is 6.92 Å². The molecule has 0 spiro atoms. The molecule has 0 amide bonds. The van der Waals surface area contributed by atoms with E-state index in [0.717, 1.165) is 19.5 Å². The number of rotatable bonds is 4. The number of piperidine rings is 1. The Morgan fingerprint density at radius 2 is 2.05 bits per heavy atom. The minimum atomic E-state index is -3.38. The number of benzene rings is 1. The van der Waals surface area contributed by atoms with Gasteiger partial charge in [0, 0.05) is 6.04 Å². The van der Waals surface area contributed by atoms with Gasteiger partial charge in [-0.15, -0.1) is 0 Å². The third-order valence-corrected chi connectivity index (χ3v) is 4.76. The van der Waals surface area contributed by atoms with Gasteiger partial charge < -0.3 is 5.32 Å². The van der Waals surface area contributed by atoms with Gasteiger partial charge in [0.25, 0.3) is 0 Å². The summed E-state index contributed by atoms with van der Waals surface area (Å²) >= 11 is 0. The summed E-state index contributed by atoms with van der Waals surface area (Å²) in [6.07, 6.45) is 0.795. The van der Waals surface area contributed by atoms with Gasteiger partial charge in [-0.2, -0.15) is 0 Å². The molecule has 2 unspecified atom stereocenters. The second kappa shape index (κ2) is 5.98. The van der Waals surface area contributed by atoms with Crippen molar-refractivity contribution >= 4 is 10.0 Å². The van der Waals surface area contributed by atoms with Gasteiger partial charge in [-0.25, -0.2) is 17.5 Å². The molecule has 1 aromatic carbocycles. The van der Waals surface area contributed by atoms with Crippen LogP contribution >= 0.6 is 0 Å². The smallest absolute Gasteiger partial charge is 0.216 e. The maximum atomic E-state index is 12.8. The van der Waals surface area contributed by atoms with Crippen LogP contribution in [0.15, 0.2) is 24.3 Å². The van der Waals surface area contributed by atoms with Crippen molar-refractivity contribution in [1.82, 2.24) is 10.0 Å². The minimum absolute atomic E-state index is 0.0216. The van der Waals surface area contributed by atoms with E-state index in [2.05, 4.69) is 10.0 Å². The Morgan fingerprint density at radius 1 is 1.37 bits per heavy atom. The molecule has 2 rings (SSSR count). The zero-order chi connectivity index (χ0) is 13.9. The first kappa shape index (κ1) is 14.4. The Morgan fingerprint density at radius 3 is 2.68 bits per heavy atom. The highest BCUT2D eigenvalue weighted by Crippen LogP contribution is 2.13. The van der Waals surface area contributed by atoms with E-state index in [1.165, 1.54) is 24.3 Å². The molecule has 106 valence electrons. The van der Waals surface area contributed by atoms with Crippen LogP contribution in [0.2, 0.25) is 0 Å². The van der Waals surface area contributed by atoms with Gasteiger partial charge in [0.15, 0.2) is 0 Å². The molecule has 0 aliphatic carbocycles. The van der Waals surface area contributed by atoms with Gasteiger partial charge in [0.05, 0.1) is 5.75 Å². The van der Waals surface area contributed by atoms with Crippen LogP contribution in [0.4, 0.5) is 4.39 Å². The van der Waals surface area contributed by atoms with E-state index in [4.69, 9.17) is 0 Å². The molecule has 0 radical (unpaired) electrons. The van der Waals surface area contributed by atoms with Crippen molar-refractivity contribution < 1.29 is 12.8 Å². The standard InChI is InChI=1S/C13H19FN2O2S/c1-10-8-15-7-6-13(10)16-19(17,18)9-11-2-4-12(14)5-3-11/h2-5,10,13,15-16H,6-9H2,1H3. The summed E-state index contributed by atoms with van der Waals surface area (Å²) in [5, 5.41) is 3.23. The molecular formula is C13H19FN2O2S. The molecule has 1 aliphatic heterocycles. The highest BCUT2D eigenvalue weighted by Gasteiger charge is 2.25. The minimum Gasteiger partial charge on any atom is -0.316 e. The van der Waals surface area contributed by atoms with E-state index < -0.39 is 10.0 Å². The molecule has 6 heteroatoms. The molecular weight excluding hydrogens is 267 g/mol. The van der Waals surface area contributed by atoms with Crippen molar-refractivity contribution in [3.8, 4) is 0 Å². The molecule has 2 atom stereocenters. The zero-order valence-corrected chi connectivity index (χ0v) is 11.7.